The maximum Gasteiger partial charge on any atom is 0.220 e. The molecule has 134 valence electrons. The molecule has 0 aromatic heterocycles. The summed E-state index contributed by atoms with van der Waals surface area (Å²) in [5, 5.41) is 9.40. The standard InChI is InChI=1S/C17H34N4O2/c1-3-18-17(21-12-13-23-4-2)20-11-10-19-16(22)14-15-8-6-5-7-9-15/h15H,3-14H2,1-2H3,(H,19,22)(H2,18,20,21). The summed E-state index contributed by atoms with van der Waals surface area (Å²) in [5.74, 6) is 1.54. The first kappa shape index (κ1) is 19.7. The highest BCUT2D eigenvalue weighted by molar-refractivity contribution is 5.80. The number of nitrogens with zero attached hydrogens (tertiary/aromatic N) is 1. The highest BCUT2D eigenvalue weighted by Gasteiger charge is 2.16. The first-order valence-electron chi connectivity index (χ1n) is 9.12. The van der Waals surface area contributed by atoms with E-state index in [-0.39, 0.29) is 5.91 Å². The summed E-state index contributed by atoms with van der Waals surface area (Å²) in [6, 6.07) is 0. The zero-order valence-electron chi connectivity index (χ0n) is 14.8. The van der Waals surface area contributed by atoms with E-state index in [1.807, 2.05) is 13.8 Å². The Morgan fingerprint density at radius 3 is 2.52 bits per heavy atom. The Morgan fingerprint density at radius 2 is 1.83 bits per heavy atom. The van der Waals surface area contributed by atoms with Crippen molar-refractivity contribution in [1.29, 1.82) is 0 Å². The summed E-state index contributed by atoms with van der Waals surface area (Å²) in [7, 11) is 0. The van der Waals surface area contributed by atoms with E-state index in [0.29, 0.717) is 45.2 Å². The van der Waals surface area contributed by atoms with Gasteiger partial charge in [-0.15, -0.1) is 0 Å². The third kappa shape index (κ3) is 10.2. The maximum absolute atomic E-state index is 11.9. The summed E-state index contributed by atoms with van der Waals surface area (Å²) in [6.45, 7) is 8.11. The number of rotatable bonds is 10. The van der Waals surface area contributed by atoms with Crippen LogP contribution in [-0.4, -0.2) is 51.3 Å². The molecule has 0 heterocycles. The van der Waals surface area contributed by atoms with Crippen LogP contribution >= 0.6 is 0 Å². The van der Waals surface area contributed by atoms with Crippen molar-refractivity contribution in [3.63, 3.8) is 0 Å². The van der Waals surface area contributed by atoms with Crippen LogP contribution in [0.5, 0.6) is 0 Å². The topological polar surface area (TPSA) is 74.8 Å². The fourth-order valence-electron chi connectivity index (χ4n) is 2.82. The normalized spacial score (nSPS) is 16.2. The van der Waals surface area contributed by atoms with Crippen LogP contribution in [-0.2, 0) is 9.53 Å². The quantitative estimate of drug-likeness (QED) is 0.324. The molecule has 1 aliphatic carbocycles. The molecular formula is C17H34N4O2. The third-order valence-corrected chi connectivity index (χ3v) is 3.99. The lowest BCUT2D eigenvalue weighted by Gasteiger charge is -2.20. The minimum Gasteiger partial charge on any atom is -0.380 e. The molecule has 0 bridgehead atoms. The molecule has 0 aromatic carbocycles. The lowest BCUT2D eigenvalue weighted by Crippen LogP contribution is -2.42. The SMILES string of the molecule is CCNC(=NCCOCC)NCCNC(=O)CC1CCCCC1. The summed E-state index contributed by atoms with van der Waals surface area (Å²) in [4.78, 5) is 16.3. The van der Waals surface area contributed by atoms with Crippen molar-refractivity contribution in [3.8, 4) is 0 Å². The molecular weight excluding hydrogens is 292 g/mol. The van der Waals surface area contributed by atoms with E-state index >= 15 is 0 Å². The number of ether oxygens (including phenoxy) is 1. The van der Waals surface area contributed by atoms with Crippen molar-refractivity contribution in [1.82, 2.24) is 16.0 Å². The van der Waals surface area contributed by atoms with Crippen molar-refractivity contribution in [2.24, 2.45) is 10.9 Å². The van der Waals surface area contributed by atoms with E-state index in [9.17, 15) is 4.79 Å². The van der Waals surface area contributed by atoms with Crippen LogP contribution in [0.1, 0.15) is 52.4 Å². The van der Waals surface area contributed by atoms with E-state index < -0.39 is 0 Å². The number of aliphatic imine (C=N–C) groups is 1. The van der Waals surface area contributed by atoms with Crippen molar-refractivity contribution in [2.45, 2.75) is 52.4 Å². The lowest BCUT2D eigenvalue weighted by molar-refractivity contribution is -0.122. The lowest BCUT2D eigenvalue weighted by atomic mass is 9.87. The number of hydrogen-bond donors (Lipinski definition) is 3. The van der Waals surface area contributed by atoms with Gasteiger partial charge in [0.05, 0.1) is 13.2 Å². The Balaban J connectivity index is 2.13. The van der Waals surface area contributed by atoms with E-state index in [1.165, 1.54) is 32.1 Å². The zero-order chi connectivity index (χ0) is 16.8. The van der Waals surface area contributed by atoms with Gasteiger partial charge in [-0.25, -0.2) is 0 Å². The van der Waals surface area contributed by atoms with Gasteiger partial charge >= 0.3 is 0 Å². The Bertz CT molecular complexity index is 341. The van der Waals surface area contributed by atoms with Gasteiger partial charge in [-0.05, 0) is 32.6 Å². The van der Waals surface area contributed by atoms with Gasteiger partial charge in [-0.2, -0.15) is 0 Å². The van der Waals surface area contributed by atoms with Crippen LogP contribution in [0.4, 0.5) is 0 Å². The highest BCUT2D eigenvalue weighted by Crippen LogP contribution is 2.25. The summed E-state index contributed by atoms with van der Waals surface area (Å²) < 4.78 is 5.27. The molecule has 0 aromatic rings. The number of carbonyl (C=O) groups excluding carboxylic acids is 1. The Kier molecular flexibility index (Phi) is 11.3. The van der Waals surface area contributed by atoms with Crippen LogP contribution in [0.25, 0.3) is 0 Å². The number of hydrogen-bond acceptors (Lipinski definition) is 3. The van der Waals surface area contributed by atoms with Crippen LogP contribution in [0, 0.1) is 5.92 Å². The molecule has 1 amide bonds. The third-order valence-electron chi connectivity index (χ3n) is 3.99. The largest absolute Gasteiger partial charge is 0.380 e. The first-order valence-corrected chi connectivity index (χ1v) is 9.12. The fourth-order valence-corrected chi connectivity index (χ4v) is 2.82. The molecule has 6 heteroatoms. The second kappa shape index (κ2) is 13.2. The van der Waals surface area contributed by atoms with Gasteiger partial charge in [0.25, 0.3) is 0 Å². The van der Waals surface area contributed by atoms with Gasteiger partial charge in [0.1, 0.15) is 0 Å². The highest BCUT2D eigenvalue weighted by atomic mass is 16.5. The molecule has 3 N–H and O–H groups in total. The molecule has 1 fully saturated rings. The molecule has 1 aliphatic rings. The monoisotopic (exact) mass is 326 g/mol. The van der Waals surface area contributed by atoms with Crippen LogP contribution in [0.15, 0.2) is 4.99 Å². The summed E-state index contributed by atoms with van der Waals surface area (Å²) in [5.41, 5.74) is 0. The smallest absolute Gasteiger partial charge is 0.220 e. The second-order valence-corrected chi connectivity index (χ2v) is 5.94. The van der Waals surface area contributed by atoms with E-state index in [1.54, 1.807) is 0 Å². The maximum atomic E-state index is 11.9. The molecule has 1 rings (SSSR count). The zero-order valence-corrected chi connectivity index (χ0v) is 14.8. The van der Waals surface area contributed by atoms with Gasteiger partial charge < -0.3 is 20.7 Å². The van der Waals surface area contributed by atoms with Gasteiger partial charge in [0, 0.05) is 32.7 Å². The minimum atomic E-state index is 0.178. The Morgan fingerprint density at radius 1 is 1.09 bits per heavy atom. The predicted molar refractivity (Wildman–Crippen MR) is 94.7 cm³/mol. The molecule has 0 unspecified atom stereocenters. The summed E-state index contributed by atoms with van der Waals surface area (Å²) in [6.07, 6.45) is 7.00. The number of amides is 1. The molecule has 0 radical (unpaired) electrons. The molecule has 1 saturated carbocycles. The molecule has 0 aliphatic heterocycles. The molecule has 23 heavy (non-hydrogen) atoms. The molecule has 0 spiro atoms. The van der Waals surface area contributed by atoms with Gasteiger partial charge in [0.15, 0.2) is 5.96 Å². The Labute approximate surface area is 140 Å². The molecule has 6 nitrogen and oxygen atoms in total. The first-order chi connectivity index (χ1) is 11.3. The van der Waals surface area contributed by atoms with Crippen LogP contribution in [0.2, 0.25) is 0 Å². The van der Waals surface area contributed by atoms with Crippen molar-refractivity contribution in [3.05, 3.63) is 0 Å². The van der Waals surface area contributed by atoms with Crippen LogP contribution in [0.3, 0.4) is 0 Å². The van der Waals surface area contributed by atoms with Gasteiger partial charge in [0.2, 0.25) is 5.91 Å². The molecule has 0 atom stereocenters. The van der Waals surface area contributed by atoms with Crippen molar-refractivity contribution < 1.29 is 9.53 Å². The number of nitrogens with one attached hydrogen (secondary N) is 3. The van der Waals surface area contributed by atoms with E-state index in [0.717, 1.165) is 12.5 Å². The number of guanidine groups is 1. The second-order valence-electron chi connectivity index (χ2n) is 5.94. The van der Waals surface area contributed by atoms with Crippen molar-refractivity contribution >= 4 is 11.9 Å². The average Bonchev–Trinajstić information content (AvgIpc) is 2.56. The Hall–Kier alpha value is -1.30. The fraction of sp³-hybridized carbons (Fsp3) is 0.882. The van der Waals surface area contributed by atoms with Crippen LogP contribution < -0.4 is 16.0 Å². The number of carbonyl (C=O) groups is 1. The average molecular weight is 326 g/mol. The van der Waals surface area contributed by atoms with Crippen molar-refractivity contribution in [2.75, 3.05) is 39.4 Å². The minimum absolute atomic E-state index is 0.178. The molecule has 0 saturated heterocycles. The van der Waals surface area contributed by atoms with Gasteiger partial charge in [-0.3, -0.25) is 9.79 Å². The predicted octanol–water partition coefficient (Wildman–Crippen LogP) is 1.66. The van der Waals surface area contributed by atoms with E-state index in [2.05, 4.69) is 20.9 Å². The van der Waals surface area contributed by atoms with E-state index in [4.69, 9.17) is 4.74 Å². The van der Waals surface area contributed by atoms with Gasteiger partial charge in [-0.1, -0.05) is 19.3 Å². The summed E-state index contributed by atoms with van der Waals surface area (Å²) >= 11 is 0.